The molecule has 74 valence electrons. The van der Waals surface area contributed by atoms with E-state index in [1.54, 1.807) is 0 Å². The monoisotopic (exact) mass is 193 g/mol. The molecule has 0 aliphatic carbocycles. The third kappa shape index (κ3) is 1.73. The largest absolute Gasteiger partial charge is 0.353 e. The fourth-order valence-electron chi connectivity index (χ4n) is 1.57. The molecule has 0 bridgehead atoms. The zero-order chi connectivity index (χ0) is 9.97. The van der Waals surface area contributed by atoms with E-state index in [0.29, 0.717) is 5.82 Å². The van der Waals surface area contributed by atoms with Gasteiger partial charge in [0, 0.05) is 13.1 Å². The Bertz CT molecular complexity index is 341. The maximum atomic E-state index is 13.3. The number of piperidine rings is 1. The van der Waals surface area contributed by atoms with Gasteiger partial charge < -0.3 is 4.90 Å². The molecule has 2 rings (SSSR count). The number of rotatable bonds is 1. The summed E-state index contributed by atoms with van der Waals surface area (Å²) in [5.41, 5.74) is 1.23. The van der Waals surface area contributed by atoms with Crippen LogP contribution in [0.1, 0.15) is 12.8 Å². The van der Waals surface area contributed by atoms with Crippen LogP contribution in [0.2, 0.25) is 0 Å². The molecule has 0 spiro atoms. The van der Waals surface area contributed by atoms with E-state index in [0.717, 1.165) is 25.9 Å². The number of anilines is 1. The van der Waals surface area contributed by atoms with Crippen molar-refractivity contribution in [2.24, 2.45) is 0 Å². The van der Waals surface area contributed by atoms with Crippen molar-refractivity contribution < 1.29 is 4.39 Å². The number of hydrogen-bond donors (Lipinski definition) is 0. The standard InChI is InChI=1S/C10H12FN3/c1-8-2-4-14(5-3-8)10-9(11)6-12-7-13-10/h6-7H,1-5H2. The van der Waals surface area contributed by atoms with Crippen molar-refractivity contribution in [2.75, 3.05) is 18.0 Å². The van der Waals surface area contributed by atoms with Crippen molar-refractivity contribution in [3.63, 3.8) is 0 Å². The average Bonchev–Trinajstić information content (AvgIpc) is 2.20. The first-order chi connectivity index (χ1) is 6.77. The summed E-state index contributed by atoms with van der Waals surface area (Å²) in [5, 5.41) is 0. The zero-order valence-electron chi connectivity index (χ0n) is 7.91. The molecule has 0 atom stereocenters. The Morgan fingerprint density at radius 1 is 1.36 bits per heavy atom. The van der Waals surface area contributed by atoms with E-state index in [9.17, 15) is 4.39 Å². The molecule has 0 N–H and O–H groups in total. The molecule has 1 aromatic rings. The molecular formula is C10H12FN3. The van der Waals surface area contributed by atoms with Gasteiger partial charge in [-0.3, -0.25) is 0 Å². The SMILES string of the molecule is C=C1CCN(c2ncncc2F)CC1. The van der Waals surface area contributed by atoms with Crippen LogP contribution in [0.15, 0.2) is 24.7 Å². The molecule has 1 aromatic heterocycles. The van der Waals surface area contributed by atoms with Gasteiger partial charge in [-0.05, 0) is 12.8 Å². The van der Waals surface area contributed by atoms with E-state index in [1.165, 1.54) is 18.1 Å². The van der Waals surface area contributed by atoms with Crippen LogP contribution in [-0.2, 0) is 0 Å². The van der Waals surface area contributed by atoms with E-state index in [-0.39, 0.29) is 5.82 Å². The summed E-state index contributed by atoms with van der Waals surface area (Å²) in [6.07, 6.45) is 4.42. The van der Waals surface area contributed by atoms with Crippen molar-refractivity contribution >= 4 is 5.82 Å². The lowest BCUT2D eigenvalue weighted by Gasteiger charge is -2.28. The molecule has 0 unspecified atom stereocenters. The second kappa shape index (κ2) is 3.74. The summed E-state index contributed by atoms with van der Waals surface area (Å²) in [7, 11) is 0. The van der Waals surface area contributed by atoms with E-state index >= 15 is 0 Å². The fourth-order valence-corrected chi connectivity index (χ4v) is 1.57. The lowest BCUT2D eigenvalue weighted by Crippen LogP contribution is -2.31. The van der Waals surface area contributed by atoms with Gasteiger partial charge in [-0.15, -0.1) is 0 Å². The van der Waals surface area contributed by atoms with E-state index in [1.807, 2.05) is 4.90 Å². The molecule has 1 fully saturated rings. The Hall–Kier alpha value is -1.45. The van der Waals surface area contributed by atoms with Crippen molar-refractivity contribution in [3.8, 4) is 0 Å². The lowest BCUT2D eigenvalue weighted by atomic mass is 10.1. The minimum absolute atomic E-state index is 0.347. The van der Waals surface area contributed by atoms with E-state index in [4.69, 9.17) is 0 Å². The maximum Gasteiger partial charge on any atom is 0.183 e. The van der Waals surface area contributed by atoms with Crippen LogP contribution in [0.3, 0.4) is 0 Å². The summed E-state index contributed by atoms with van der Waals surface area (Å²) in [6, 6.07) is 0. The number of aromatic nitrogens is 2. The first kappa shape index (κ1) is 9.12. The molecular weight excluding hydrogens is 181 g/mol. The normalized spacial score (nSPS) is 17.2. The Kier molecular flexibility index (Phi) is 2.43. The molecule has 0 saturated carbocycles. The van der Waals surface area contributed by atoms with Crippen LogP contribution in [0.5, 0.6) is 0 Å². The second-order valence-corrected chi connectivity index (χ2v) is 3.43. The molecule has 14 heavy (non-hydrogen) atoms. The van der Waals surface area contributed by atoms with E-state index in [2.05, 4.69) is 16.5 Å². The molecule has 2 heterocycles. The quantitative estimate of drug-likeness (QED) is 0.636. The van der Waals surface area contributed by atoms with Crippen LogP contribution >= 0.6 is 0 Å². The molecule has 1 aliphatic rings. The van der Waals surface area contributed by atoms with Gasteiger partial charge in [-0.1, -0.05) is 12.2 Å². The number of halogens is 1. The van der Waals surface area contributed by atoms with Crippen molar-refractivity contribution in [1.29, 1.82) is 0 Å². The highest BCUT2D eigenvalue weighted by Crippen LogP contribution is 2.21. The van der Waals surface area contributed by atoms with Crippen LogP contribution in [-0.4, -0.2) is 23.1 Å². The third-order valence-corrected chi connectivity index (χ3v) is 2.42. The Labute approximate surface area is 82.3 Å². The van der Waals surface area contributed by atoms with Crippen molar-refractivity contribution in [2.45, 2.75) is 12.8 Å². The van der Waals surface area contributed by atoms with Gasteiger partial charge in [0.2, 0.25) is 0 Å². The Balaban J connectivity index is 2.16. The molecule has 0 aromatic carbocycles. The minimum Gasteiger partial charge on any atom is -0.353 e. The maximum absolute atomic E-state index is 13.3. The molecule has 1 saturated heterocycles. The summed E-state index contributed by atoms with van der Waals surface area (Å²) in [6.45, 7) is 5.51. The number of hydrogen-bond acceptors (Lipinski definition) is 3. The first-order valence-electron chi connectivity index (χ1n) is 4.64. The van der Waals surface area contributed by atoms with Gasteiger partial charge in [0.25, 0.3) is 0 Å². The molecule has 1 aliphatic heterocycles. The third-order valence-electron chi connectivity index (χ3n) is 2.42. The fraction of sp³-hybridized carbons (Fsp3) is 0.400. The Morgan fingerprint density at radius 2 is 2.07 bits per heavy atom. The van der Waals surface area contributed by atoms with Gasteiger partial charge in [0.15, 0.2) is 11.6 Å². The molecule has 4 heteroatoms. The highest BCUT2D eigenvalue weighted by atomic mass is 19.1. The predicted octanol–water partition coefficient (Wildman–Crippen LogP) is 1.77. The van der Waals surface area contributed by atoms with Crippen LogP contribution < -0.4 is 4.90 Å². The first-order valence-corrected chi connectivity index (χ1v) is 4.64. The Morgan fingerprint density at radius 3 is 2.71 bits per heavy atom. The van der Waals surface area contributed by atoms with E-state index < -0.39 is 0 Å². The van der Waals surface area contributed by atoms with Gasteiger partial charge in [0.05, 0.1) is 6.20 Å². The van der Waals surface area contributed by atoms with Gasteiger partial charge >= 0.3 is 0 Å². The molecule has 3 nitrogen and oxygen atoms in total. The summed E-state index contributed by atoms with van der Waals surface area (Å²) in [4.78, 5) is 9.50. The van der Waals surface area contributed by atoms with Gasteiger partial charge in [0.1, 0.15) is 6.33 Å². The van der Waals surface area contributed by atoms with Crippen LogP contribution in [0.4, 0.5) is 10.2 Å². The smallest absolute Gasteiger partial charge is 0.183 e. The molecule has 0 amide bonds. The average molecular weight is 193 g/mol. The summed E-state index contributed by atoms with van der Waals surface area (Å²) >= 11 is 0. The zero-order valence-corrected chi connectivity index (χ0v) is 7.91. The number of nitrogens with zero attached hydrogens (tertiary/aromatic N) is 3. The predicted molar refractivity (Wildman–Crippen MR) is 52.6 cm³/mol. The van der Waals surface area contributed by atoms with Crippen LogP contribution in [0, 0.1) is 5.82 Å². The summed E-state index contributed by atoms with van der Waals surface area (Å²) in [5.74, 6) is 0.0625. The second-order valence-electron chi connectivity index (χ2n) is 3.43. The molecule has 0 radical (unpaired) electrons. The van der Waals surface area contributed by atoms with Crippen molar-refractivity contribution in [1.82, 2.24) is 9.97 Å². The van der Waals surface area contributed by atoms with Gasteiger partial charge in [-0.2, -0.15) is 0 Å². The van der Waals surface area contributed by atoms with Gasteiger partial charge in [-0.25, -0.2) is 14.4 Å². The highest BCUT2D eigenvalue weighted by molar-refractivity contribution is 5.39. The summed E-state index contributed by atoms with van der Waals surface area (Å²) < 4.78 is 13.3. The minimum atomic E-state index is -0.347. The topological polar surface area (TPSA) is 29.0 Å². The van der Waals surface area contributed by atoms with Crippen LogP contribution in [0.25, 0.3) is 0 Å². The highest BCUT2D eigenvalue weighted by Gasteiger charge is 2.17. The lowest BCUT2D eigenvalue weighted by molar-refractivity contribution is 0.588. The van der Waals surface area contributed by atoms with Crippen molar-refractivity contribution in [3.05, 3.63) is 30.5 Å².